The third-order valence-corrected chi connectivity index (χ3v) is 14.4. The molecule has 6 nitrogen and oxygen atoms in total. The second kappa shape index (κ2) is 16.4. The van der Waals surface area contributed by atoms with Crippen molar-refractivity contribution in [2.75, 3.05) is 21.4 Å². The van der Waals surface area contributed by atoms with Crippen LogP contribution < -0.4 is 28.4 Å². The van der Waals surface area contributed by atoms with E-state index in [1.165, 1.54) is 53.6 Å². The van der Waals surface area contributed by atoms with Crippen molar-refractivity contribution in [2.45, 2.75) is 26.2 Å². The van der Waals surface area contributed by atoms with Gasteiger partial charge in [-0.2, -0.15) is 0 Å². The molecule has 0 aliphatic carbocycles. The predicted molar refractivity (Wildman–Crippen MR) is 265 cm³/mol. The number of anilines is 7. The second-order valence-corrected chi connectivity index (χ2v) is 19.4. The number of fused-ring (bicyclic) bond motifs is 3. The van der Waals surface area contributed by atoms with Gasteiger partial charge in [-0.3, -0.25) is 0 Å². The van der Waals surface area contributed by atoms with Crippen LogP contribution in [0.15, 0.2) is 207 Å². The second-order valence-electron chi connectivity index (χ2n) is 17.2. The summed E-state index contributed by atoms with van der Waals surface area (Å²) >= 11 is 0.100. The van der Waals surface area contributed by atoms with E-state index < -0.39 is 0 Å². The van der Waals surface area contributed by atoms with Crippen LogP contribution in [0, 0.1) is 0 Å². The molecule has 0 N–H and O–H groups in total. The Bertz CT molecular complexity index is 3170. The van der Waals surface area contributed by atoms with Crippen molar-refractivity contribution in [3.05, 3.63) is 212 Å². The van der Waals surface area contributed by atoms with Crippen LogP contribution in [0.25, 0.3) is 33.4 Å². The summed E-state index contributed by atoms with van der Waals surface area (Å²) in [5.41, 5.74) is 14.9. The molecular weight excluding hydrogens is 850 g/mol. The topological polar surface area (TPSA) is 44.7 Å². The Balaban J connectivity index is 0.956. The van der Waals surface area contributed by atoms with E-state index >= 15 is 0 Å². The fraction of sp³-hybridized carbons (Fsp3) is 0.0877. The number of hydrogen-bond acceptors (Lipinski definition) is 6. The molecule has 0 saturated heterocycles. The first-order chi connectivity index (χ1) is 31.4. The standard InChI is InChI=1S/C57H45N5OSe/c1-57(2,3)43-29-32-59-55(34-43)62-51-36-46(27-28-53(51)64-54-30-31-58-37-52(54)62)63-45-22-13-21-44(35-45)60-38-61(50-26-11-10-25-49(50)60)56-47(40-17-8-5-9-18-40)23-14-24-48(56)42-20-12-19-41(33-42)39-15-6-4-7-16-39/h4-37H,38H2,1-3H3. The van der Waals surface area contributed by atoms with Gasteiger partial charge in [0.2, 0.25) is 0 Å². The Hall–Kier alpha value is -7.44. The fourth-order valence-corrected chi connectivity index (χ4v) is 11.0. The van der Waals surface area contributed by atoms with Gasteiger partial charge in [-0.05, 0) is 28.3 Å². The van der Waals surface area contributed by atoms with E-state index in [1.807, 2.05) is 24.7 Å². The molecule has 2 aliphatic heterocycles. The van der Waals surface area contributed by atoms with E-state index in [0.29, 0.717) is 6.67 Å². The molecule has 0 atom stereocenters. The monoisotopic (exact) mass is 895 g/mol. The summed E-state index contributed by atoms with van der Waals surface area (Å²) < 4.78 is 9.35. The Morgan fingerprint density at radius 1 is 0.500 bits per heavy atom. The van der Waals surface area contributed by atoms with Crippen LogP contribution in [-0.2, 0) is 5.41 Å². The van der Waals surface area contributed by atoms with Crippen LogP contribution in [0.3, 0.4) is 0 Å². The average Bonchev–Trinajstić information content (AvgIpc) is 3.73. The normalized spacial score (nSPS) is 13.0. The third kappa shape index (κ3) is 7.39. The number of aromatic nitrogens is 2. The van der Waals surface area contributed by atoms with Gasteiger partial charge in [0.25, 0.3) is 0 Å². The van der Waals surface area contributed by atoms with Gasteiger partial charge in [0, 0.05) is 11.1 Å². The fourth-order valence-electron chi connectivity index (χ4n) is 8.84. The van der Waals surface area contributed by atoms with Crippen molar-refractivity contribution in [2.24, 2.45) is 0 Å². The van der Waals surface area contributed by atoms with Crippen molar-refractivity contribution in [3.63, 3.8) is 0 Å². The maximum absolute atomic E-state index is 6.80. The molecule has 310 valence electrons. The summed E-state index contributed by atoms with van der Waals surface area (Å²) in [7, 11) is 0. The first kappa shape index (κ1) is 39.4. The molecule has 0 saturated carbocycles. The first-order valence-corrected chi connectivity index (χ1v) is 23.4. The van der Waals surface area contributed by atoms with Gasteiger partial charge in [-0.1, -0.05) is 103 Å². The third-order valence-electron chi connectivity index (χ3n) is 12.0. The number of pyridine rings is 2. The van der Waals surface area contributed by atoms with Gasteiger partial charge in [-0.25, -0.2) is 0 Å². The summed E-state index contributed by atoms with van der Waals surface area (Å²) in [5, 5.41) is 0. The zero-order chi connectivity index (χ0) is 43.2. The summed E-state index contributed by atoms with van der Waals surface area (Å²) in [6.45, 7) is 7.32. The number of hydrogen-bond donors (Lipinski definition) is 0. The van der Waals surface area contributed by atoms with Gasteiger partial charge >= 0.3 is 241 Å². The first-order valence-electron chi connectivity index (χ1n) is 21.6. The molecule has 2 aliphatic rings. The Morgan fingerprint density at radius 3 is 1.95 bits per heavy atom. The van der Waals surface area contributed by atoms with Crippen molar-refractivity contribution in [1.29, 1.82) is 0 Å². The molecule has 2 aromatic heterocycles. The minimum atomic E-state index is -0.0249. The molecule has 7 aromatic carbocycles. The van der Waals surface area contributed by atoms with Gasteiger partial charge in [0.05, 0.1) is 0 Å². The number of nitrogens with zero attached hydrogens (tertiary/aromatic N) is 5. The quantitative estimate of drug-likeness (QED) is 0.142. The van der Waals surface area contributed by atoms with Crippen molar-refractivity contribution in [3.8, 4) is 44.9 Å². The molecule has 4 heterocycles. The van der Waals surface area contributed by atoms with Gasteiger partial charge in [0.1, 0.15) is 0 Å². The van der Waals surface area contributed by atoms with Crippen molar-refractivity contribution in [1.82, 2.24) is 9.97 Å². The molecule has 0 spiro atoms. The minimum absolute atomic E-state index is 0.0249. The Labute approximate surface area is 381 Å². The van der Waals surface area contributed by atoms with E-state index in [9.17, 15) is 0 Å². The average molecular weight is 895 g/mol. The molecular formula is C57H45N5OSe. The van der Waals surface area contributed by atoms with E-state index in [2.05, 4.69) is 222 Å². The molecule has 11 rings (SSSR count). The van der Waals surface area contributed by atoms with Crippen LogP contribution in [0.1, 0.15) is 26.3 Å². The van der Waals surface area contributed by atoms with E-state index in [0.717, 1.165) is 45.8 Å². The molecule has 0 amide bonds. The molecule has 0 fully saturated rings. The van der Waals surface area contributed by atoms with E-state index in [-0.39, 0.29) is 20.4 Å². The molecule has 9 aromatic rings. The van der Waals surface area contributed by atoms with Gasteiger partial charge in [-0.15, -0.1) is 0 Å². The van der Waals surface area contributed by atoms with Gasteiger partial charge in [0.15, 0.2) is 0 Å². The van der Waals surface area contributed by atoms with Crippen LogP contribution in [0.5, 0.6) is 11.5 Å². The zero-order valence-corrected chi connectivity index (χ0v) is 37.6. The predicted octanol–water partition coefficient (Wildman–Crippen LogP) is 13.3. The molecule has 64 heavy (non-hydrogen) atoms. The molecule has 0 unspecified atom stereocenters. The summed E-state index contributed by atoms with van der Waals surface area (Å²) in [5.74, 6) is 2.40. The number of rotatable bonds is 8. The molecule has 0 bridgehead atoms. The Kier molecular flexibility index (Phi) is 10.1. The van der Waals surface area contributed by atoms with E-state index in [4.69, 9.17) is 9.72 Å². The summed E-state index contributed by atoms with van der Waals surface area (Å²) in [6, 6.07) is 67.1. The number of ether oxygens (including phenoxy) is 1. The van der Waals surface area contributed by atoms with Crippen LogP contribution >= 0.6 is 0 Å². The van der Waals surface area contributed by atoms with Gasteiger partial charge < -0.3 is 0 Å². The van der Waals surface area contributed by atoms with Crippen molar-refractivity contribution >= 4 is 63.8 Å². The maximum atomic E-state index is 6.80. The molecule has 7 heteroatoms. The zero-order valence-electron chi connectivity index (χ0n) is 35.9. The molecule has 0 radical (unpaired) electrons. The SMILES string of the molecule is CC(C)(C)c1ccnc(N2c3cnccc3[Se]c3ccc(Oc4cccc(N5CN(c6c(-c7ccccc7)cccc6-c6cccc(-c7ccccc7)c6)c6ccccc65)c4)cc32)c1. The van der Waals surface area contributed by atoms with Crippen LogP contribution in [0.2, 0.25) is 0 Å². The summed E-state index contributed by atoms with van der Waals surface area (Å²) in [4.78, 5) is 16.6. The number of para-hydroxylation sites is 3. The van der Waals surface area contributed by atoms with Crippen molar-refractivity contribution < 1.29 is 4.74 Å². The number of benzene rings is 7. The van der Waals surface area contributed by atoms with E-state index in [1.54, 1.807) is 0 Å². The van der Waals surface area contributed by atoms with Crippen LogP contribution in [-0.4, -0.2) is 31.6 Å². The Morgan fingerprint density at radius 2 is 1.16 bits per heavy atom. The summed E-state index contributed by atoms with van der Waals surface area (Å²) in [6.07, 6.45) is 5.76. The van der Waals surface area contributed by atoms with Crippen LogP contribution in [0.4, 0.5) is 39.9 Å².